The van der Waals surface area contributed by atoms with E-state index in [1.807, 2.05) is 0 Å². The first kappa shape index (κ1) is 22.4. The molecule has 152 valence electrons. The number of hydrogen-bond donors (Lipinski definition) is 3. The van der Waals surface area contributed by atoms with Crippen LogP contribution in [0.4, 0.5) is 15.8 Å². The highest BCUT2D eigenvalue weighted by Crippen LogP contribution is 2.26. The Morgan fingerprint density at radius 2 is 1.72 bits per heavy atom. The van der Waals surface area contributed by atoms with Crippen LogP contribution in [0.15, 0.2) is 59.0 Å². The number of carbonyl (C=O) groups excluding carboxylic acids is 2. The molecule has 0 heterocycles. The van der Waals surface area contributed by atoms with E-state index >= 15 is 0 Å². The van der Waals surface area contributed by atoms with Crippen molar-refractivity contribution in [3.05, 3.63) is 65.0 Å². The Labute approximate surface area is 176 Å². The second kappa shape index (κ2) is 10.1. The maximum atomic E-state index is 13.5. The summed E-state index contributed by atoms with van der Waals surface area (Å²) in [5.74, 6) is -2.63. The van der Waals surface area contributed by atoms with Crippen LogP contribution in [0, 0.1) is 5.82 Å². The number of amides is 2. The second-order valence-electron chi connectivity index (χ2n) is 6.02. The zero-order valence-corrected chi connectivity index (χ0v) is 17.1. The third-order valence-corrected chi connectivity index (χ3v) is 5.09. The minimum Gasteiger partial charge on any atom is -0.478 e. The van der Waals surface area contributed by atoms with Crippen LogP contribution in [-0.4, -0.2) is 28.1 Å². The number of rotatable bonds is 7. The van der Waals surface area contributed by atoms with E-state index in [4.69, 9.17) is 16.7 Å². The predicted octanol–water partition coefficient (Wildman–Crippen LogP) is 4.57. The number of thioether (sulfide) groups is 1. The van der Waals surface area contributed by atoms with Crippen LogP contribution >= 0.6 is 23.4 Å². The number of anilines is 2. The van der Waals surface area contributed by atoms with E-state index in [1.165, 1.54) is 30.8 Å². The molecular formula is C20H18ClFN2O4S. The Morgan fingerprint density at radius 3 is 2.31 bits per heavy atom. The first-order valence-electron chi connectivity index (χ1n) is 8.41. The molecule has 2 aromatic rings. The first-order chi connectivity index (χ1) is 13.7. The van der Waals surface area contributed by atoms with Gasteiger partial charge in [0.25, 0.3) is 0 Å². The van der Waals surface area contributed by atoms with Gasteiger partial charge in [-0.05, 0) is 56.3 Å². The number of nitrogens with one attached hydrogen (secondary N) is 2. The smallest absolute Gasteiger partial charge is 0.331 e. The molecule has 0 bridgehead atoms. The predicted molar refractivity (Wildman–Crippen MR) is 112 cm³/mol. The Kier molecular flexibility index (Phi) is 7.81. The molecule has 0 aliphatic rings. The van der Waals surface area contributed by atoms with Crippen molar-refractivity contribution in [3.8, 4) is 0 Å². The summed E-state index contributed by atoms with van der Waals surface area (Å²) >= 11 is 6.91. The molecule has 9 heteroatoms. The standard InChI is InChI=1S/C20H18ClFN2O4S/c1-11(20(27)28)9-18(25)23-13-3-6-15(7-4-13)29-12(2)19(26)24-14-5-8-16(21)17(22)10-14/h3-10,12H,1-2H3,(H,23,25)(H,24,26)(H,27,28)/b11-9+. The van der Waals surface area contributed by atoms with Gasteiger partial charge in [-0.3, -0.25) is 9.59 Å². The van der Waals surface area contributed by atoms with Crippen molar-refractivity contribution in [1.82, 2.24) is 0 Å². The number of aliphatic carboxylic acids is 1. The van der Waals surface area contributed by atoms with Gasteiger partial charge in [0.05, 0.1) is 10.3 Å². The molecule has 2 rings (SSSR count). The summed E-state index contributed by atoms with van der Waals surface area (Å²) in [6.07, 6.45) is 0.997. The van der Waals surface area contributed by atoms with Crippen molar-refractivity contribution in [2.45, 2.75) is 24.0 Å². The lowest BCUT2D eigenvalue weighted by Gasteiger charge is -2.13. The molecule has 1 unspecified atom stereocenters. The number of carbonyl (C=O) groups is 3. The lowest BCUT2D eigenvalue weighted by Crippen LogP contribution is -2.22. The van der Waals surface area contributed by atoms with E-state index in [1.54, 1.807) is 31.2 Å². The molecule has 2 amide bonds. The van der Waals surface area contributed by atoms with Crippen LogP contribution < -0.4 is 10.6 Å². The fraction of sp³-hybridized carbons (Fsp3) is 0.150. The third-order valence-electron chi connectivity index (χ3n) is 3.68. The number of halogens is 2. The molecule has 0 aromatic heterocycles. The average Bonchev–Trinajstić information content (AvgIpc) is 2.66. The van der Waals surface area contributed by atoms with E-state index in [-0.39, 0.29) is 16.5 Å². The molecule has 0 aliphatic heterocycles. The number of carboxylic acid groups (broad SMARTS) is 1. The second-order valence-corrected chi connectivity index (χ2v) is 7.85. The normalized spacial score (nSPS) is 12.2. The number of hydrogen-bond acceptors (Lipinski definition) is 4. The number of carboxylic acids is 1. The van der Waals surface area contributed by atoms with Gasteiger partial charge in [0.2, 0.25) is 11.8 Å². The van der Waals surface area contributed by atoms with Crippen LogP contribution in [0.3, 0.4) is 0 Å². The lowest BCUT2D eigenvalue weighted by molar-refractivity contribution is -0.132. The van der Waals surface area contributed by atoms with Crippen LogP contribution in [-0.2, 0) is 14.4 Å². The van der Waals surface area contributed by atoms with E-state index in [2.05, 4.69) is 10.6 Å². The highest BCUT2D eigenvalue weighted by Gasteiger charge is 2.15. The van der Waals surface area contributed by atoms with Crippen LogP contribution in [0.1, 0.15) is 13.8 Å². The highest BCUT2D eigenvalue weighted by molar-refractivity contribution is 8.00. The Bertz CT molecular complexity index is 963. The van der Waals surface area contributed by atoms with Crippen molar-refractivity contribution in [3.63, 3.8) is 0 Å². The average molecular weight is 437 g/mol. The molecule has 0 radical (unpaired) electrons. The molecule has 1 atom stereocenters. The Hall–Kier alpha value is -2.84. The van der Waals surface area contributed by atoms with Gasteiger partial charge in [-0.1, -0.05) is 11.6 Å². The SMILES string of the molecule is C/C(=C\C(=O)Nc1ccc(SC(C)C(=O)Nc2ccc(Cl)c(F)c2)cc1)C(=O)O. The molecule has 0 saturated heterocycles. The first-order valence-corrected chi connectivity index (χ1v) is 9.66. The molecule has 0 spiro atoms. The molecule has 29 heavy (non-hydrogen) atoms. The summed E-state index contributed by atoms with van der Waals surface area (Å²) in [7, 11) is 0. The lowest BCUT2D eigenvalue weighted by atomic mass is 10.2. The Morgan fingerprint density at radius 1 is 1.10 bits per heavy atom. The zero-order chi connectivity index (χ0) is 21.6. The summed E-state index contributed by atoms with van der Waals surface area (Å²) in [6.45, 7) is 3.04. The van der Waals surface area contributed by atoms with Gasteiger partial charge in [0.15, 0.2) is 0 Å². The minimum atomic E-state index is -1.17. The van der Waals surface area contributed by atoms with Crippen molar-refractivity contribution in [1.29, 1.82) is 0 Å². The monoisotopic (exact) mass is 436 g/mol. The van der Waals surface area contributed by atoms with E-state index in [9.17, 15) is 18.8 Å². The maximum Gasteiger partial charge on any atom is 0.331 e. The zero-order valence-electron chi connectivity index (χ0n) is 15.5. The van der Waals surface area contributed by atoms with Gasteiger partial charge in [0.1, 0.15) is 5.82 Å². The topological polar surface area (TPSA) is 95.5 Å². The summed E-state index contributed by atoms with van der Waals surface area (Å²) in [5.41, 5.74) is 0.727. The molecule has 0 saturated carbocycles. The summed E-state index contributed by atoms with van der Waals surface area (Å²) in [6, 6.07) is 10.8. The summed E-state index contributed by atoms with van der Waals surface area (Å²) in [4.78, 5) is 35.5. The quantitative estimate of drug-likeness (QED) is 0.436. The van der Waals surface area contributed by atoms with Crippen LogP contribution in [0.25, 0.3) is 0 Å². The van der Waals surface area contributed by atoms with Gasteiger partial charge in [0, 0.05) is 27.9 Å². The molecule has 2 aromatic carbocycles. The van der Waals surface area contributed by atoms with Gasteiger partial charge in [-0.15, -0.1) is 11.8 Å². The molecular weight excluding hydrogens is 419 g/mol. The van der Waals surface area contributed by atoms with Crippen molar-refractivity contribution in [2.24, 2.45) is 0 Å². The third kappa shape index (κ3) is 6.92. The molecule has 0 fully saturated rings. The summed E-state index contributed by atoms with van der Waals surface area (Å²) in [5, 5.41) is 13.5. The van der Waals surface area contributed by atoms with E-state index in [0.717, 1.165) is 17.0 Å². The van der Waals surface area contributed by atoms with Crippen molar-refractivity contribution >= 4 is 52.5 Å². The molecule has 6 nitrogen and oxygen atoms in total. The van der Waals surface area contributed by atoms with Crippen LogP contribution in [0.2, 0.25) is 5.02 Å². The maximum absolute atomic E-state index is 13.5. The fourth-order valence-electron chi connectivity index (χ4n) is 2.13. The number of benzene rings is 2. The fourth-order valence-corrected chi connectivity index (χ4v) is 3.11. The van der Waals surface area contributed by atoms with Gasteiger partial charge < -0.3 is 15.7 Å². The van der Waals surface area contributed by atoms with Gasteiger partial charge in [-0.2, -0.15) is 0 Å². The van der Waals surface area contributed by atoms with Gasteiger partial charge >= 0.3 is 5.97 Å². The molecule has 3 N–H and O–H groups in total. The van der Waals surface area contributed by atoms with Gasteiger partial charge in [-0.25, -0.2) is 9.18 Å². The van der Waals surface area contributed by atoms with E-state index < -0.39 is 22.9 Å². The van der Waals surface area contributed by atoms with Crippen molar-refractivity contribution in [2.75, 3.05) is 10.6 Å². The Balaban J connectivity index is 1.93. The van der Waals surface area contributed by atoms with Crippen molar-refractivity contribution < 1.29 is 23.9 Å². The van der Waals surface area contributed by atoms with Crippen LogP contribution in [0.5, 0.6) is 0 Å². The summed E-state index contributed by atoms with van der Waals surface area (Å²) < 4.78 is 13.5. The minimum absolute atomic E-state index is 0.0220. The largest absolute Gasteiger partial charge is 0.478 e. The molecule has 0 aliphatic carbocycles. The van der Waals surface area contributed by atoms with E-state index in [0.29, 0.717) is 11.4 Å². The highest BCUT2D eigenvalue weighted by atomic mass is 35.5.